The van der Waals surface area contributed by atoms with Crippen LogP contribution in [0.25, 0.3) is 5.65 Å². The third-order valence-corrected chi connectivity index (χ3v) is 3.36. The van der Waals surface area contributed by atoms with Crippen molar-refractivity contribution in [2.45, 2.75) is 26.6 Å². The van der Waals surface area contributed by atoms with Crippen molar-refractivity contribution in [2.24, 2.45) is 0 Å². The molecule has 2 rings (SSSR count). The van der Waals surface area contributed by atoms with Crippen molar-refractivity contribution in [3.05, 3.63) is 28.9 Å². The van der Waals surface area contributed by atoms with Gasteiger partial charge in [0, 0.05) is 6.20 Å². The van der Waals surface area contributed by atoms with Gasteiger partial charge in [0.25, 0.3) is 0 Å². The lowest BCUT2D eigenvalue weighted by Gasteiger charge is -2.04. The van der Waals surface area contributed by atoms with Crippen molar-refractivity contribution in [1.82, 2.24) is 14.4 Å². The number of aromatic nitrogens is 3. The van der Waals surface area contributed by atoms with Gasteiger partial charge in [-0.05, 0) is 6.92 Å². The molecule has 88 valence electrons. The van der Waals surface area contributed by atoms with Crippen LogP contribution in [0.2, 0.25) is 24.8 Å². The number of nitrogens with zero attached hydrogens (tertiary/aromatic N) is 3. The molecule has 0 aliphatic rings. The molecule has 0 amide bonds. The Morgan fingerprint density at radius 3 is 2.71 bits per heavy atom. The first kappa shape index (κ1) is 12.2. The molecule has 5 heteroatoms. The molecule has 0 saturated heterocycles. The summed E-state index contributed by atoms with van der Waals surface area (Å²) in [6.45, 7) is 8.49. The van der Waals surface area contributed by atoms with Gasteiger partial charge in [0.15, 0.2) is 5.65 Å². The Kier molecular flexibility index (Phi) is 2.98. The van der Waals surface area contributed by atoms with Crippen LogP contribution in [0.15, 0.2) is 12.4 Å². The van der Waals surface area contributed by atoms with Crippen molar-refractivity contribution in [3.63, 3.8) is 0 Å². The van der Waals surface area contributed by atoms with Crippen LogP contribution in [0.5, 0.6) is 0 Å². The second-order valence-electron chi connectivity index (χ2n) is 5.01. The third-order valence-electron chi connectivity index (χ3n) is 2.13. The standard InChI is InChI=1S/C12H14ClN3Si/c1-9-8-16-11(15-9)7-14-10(12(16)13)5-6-17(2,3)4/h7-8H,1-4H3. The van der Waals surface area contributed by atoms with Crippen molar-refractivity contribution in [1.29, 1.82) is 0 Å². The van der Waals surface area contributed by atoms with Gasteiger partial charge < -0.3 is 0 Å². The maximum atomic E-state index is 6.26. The molecule has 2 aromatic rings. The predicted octanol–water partition coefficient (Wildman–Crippen LogP) is 2.92. The Morgan fingerprint density at radius 2 is 2.06 bits per heavy atom. The first-order valence-electron chi connectivity index (χ1n) is 5.40. The summed E-state index contributed by atoms with van der Waals surface area (Å²) in [5.41, 5.74) is 5.56. The van der Waals surface area contributed by atoms with Gasteiger partial charge in [0.05, 0.1) is 11.9 Å². The van der Waals surface area contributed by atoms with E-state index in [1.165, 1.54) is 0 Å². The zero-order chi connectivity index (χ0) is 12.6. The highest BCUT2D eigenvalue weighted by molar-refractivity contribution is 6.83. The van der Waals surface area contributed by atoms with Gasteiger partial charge in [-0.25, -0.2) is 9.97 Å². The summed E-state index contributed by atoms with van der Waals surface area (Å²) in [6.07, 6.45) is 3.59. The lowest BCUT2D eigenvalue weighted by atomic mass is 10.4. The number of fused-ring (bicyclic) bond motifs is 1. The highest BCUT2D eigenvalue weighted by atomic mass is 35.5. The summed E-state index contributed by atoms with van der Waals surface area (Å²) in [4.78, 5) is 8.56. The highest BCUT2D eigenvalue weighted by Gasteiger charge is 2.10. The Morgan fingerprint density at radius 1 is 1.35 bits per heavy atom. The summed E-state index contributed by atoms with van der Waals surface area (Å²) in [6, 6.07) is 0. The first-order valence-corrected chi connectivity index (χ1v) is 9.28. The smallest absolute Gasteiger partial charge is 0.156 e. The Labute approximate surface area is 107 Å². The van der Waals surface area contributed by atoms with E-state index in [9.17, 15) is 0 Å². The lowest BCUT2D eigenvalue weighted by molar-refractivity contribution is 1.11. The molecule has 0 aliphatic heterocycles. The number of aryl methyl sites for hydroxylation is 1. The zero-order valence-corrected chi connectivity index (χ0v) is 12.1. The van der Waals surface area contributed by atoms with Gasteiger partial charge in [-0.3, -0.25) is 4.40 Å². The number of imidazole rings is 1. The van der Waals surface area contributed by atoms with E-state index in [1.807, 2.05) is 17.5 Å². The molecule has 17 heavy (non-hydrogen) atoms. The summed E-state index contributed by atoms with van der Waals surface area (Å²) in [5, 5.41) is 0.536. The van der Waals surface area contributed by atoms with E-state index in [-0.39, 0.29) is 0 Å². The fourth-order valence-corrected chi connectivity index (χ4v) is 2.11. The zero-order valence-electron chi connectivity index (χ0n) is 10.4. The number of hydrogen-bond donors (Lipinski definition) is 0. The number of rotatable bonds is 0. The molecule has 0 bridgehead atoms. The molecule has 0 aliphatic carbocycles. The number of halogens is 1. The minimum Gasteiger partial charge on any atom is -0.286 e. The molecular weight excluding hydrogens is 250 g/mol. The summed E-state index contributed by atoms with van der Waals surface area (Å²) < 4.78 is 1.82. The largest absolute Gasteiger partial charge is 0.286 e. The minimum absolute atomic E-state index is 0.536. The number of hydrogen-bond acceptors (Lipinski definition) is 2. The van der Waals surface area contributed by atoms with Gasteiger partial charge >= 0.3 is 0 Å². The second-order valence-corrected chi connectivity index (χ2v) is 10.1. The molecule has 0 aromatic carbocycles. The average Bonchev–Trinajstić information content (AvgIpc) is 2.57. The third kappa shape index (κ3) is 2.68. The van der Waals surface area contributed by atoms with Crippen molar-refractivity contribution >= 4 is 25.3 Å². The van der Waals surface area contributed by atoms with Gasteiger partial charge in [0.2, 0.25) is 0 Å². The predicted molar refractivity (Wildman–Crippen MR) is 73.0 cm³/mol. The second kappa shape index (κ2) is 4.17. The van der Waals surface area contributed by atoms with E-state index >= 15 is 0 Å². The van der Waals surface area contributed by atoms with E-state index < -0.39 is 8.07 Å². The molecular formula is C12H14ClN3Si. The van der Waals surface area contributed by atoms with E-state index in [0.29, 0.717) is 10.8 Å². The quantitative estimate of drug-likeness (QED) is 0.540. The van der Waals surface area contributed by atoms with Gasteiger partial charge in [0.1, 0.15) is 18.9 Å². The van der Waals surface area contributed by atoms with Crippen LogP contribution >= 0.6 is 11.6 Å². The van der Waals surface area contributed by atoms with Crippen LogP contribution in [0.3, 0.4) is 0 Å². The molecule has 2 aromatic heterocycles. The summed E-state index contributed by atoms with van der Waals surface area (Å²) in [7, 11) is -1.41. The van der Waals surface area contributed by atoms with Crippen LogP contribution in [0, 0.1) is 18.4 Å². The Balaban J connectivity index is 2.55. The summed E-state index contributed by atoms with van der Waals surface area (Å²) in [5.74, 6) is 3.07. The molecule has 0 N–H and O–H groups in total. The molecule has 0 saturated carbocycles. The highest BCUT2D eigenvalue weighted by Crippen LogP contribution is 2.16. The van der Waals surface area contributed by atoms with Crippen LogP contribution < -0.4 is 0 Å². The SMILES string of the molecule is Cc1cn2c(Cl)c(C#C[Si](C)(C)C)ncc2n1. The van der Waals surface area contributed by atoms with Gasteiger partial charge in [-0.15, -0.1) is 5.54 Å². The van der Waals surface area contributed by atoms with Crippen molar-refractivity contribution < 1.29 is 0 Å². The Hall–Kier alpha value is -1.31. The molecule has 0 radical (unpaired) electrons. The van der Waals surface area contributed by atoms with Crippen molar-refractivity contribution in [2.75, 3.05) is 0 Å². The first-order chi connectivity index (χ1) is 7.87. The lowest BCUT2D eigenvalue weighted by Crippen LogP contribution is -2.16. The molecule has 0 fully saturated rings. The molecule has 0 unspecified atom stereocenters. The molecule has 0 atom stereocenters. The van der Waals surface area contributed by atoms with Crippen LogP contribution in [0.4, 0.5) is 0 Å². The maximum absolute atomic E-state index is 6.26. The fraction of sp³-hybridized carbons (Fsp3) is 0.333. The van der Waals surface area contributed by atoms with Crippen molar-refractivity contribution in [3.8, 4) is 11.5 Å². The maximum Gasteiger partial charge on any atom is 0.156 e. The minimum atomic E-state index is -1.41. The van der Waals surface area contributed by atoms with Crippen LogP contribution in [0.1, 0.15) is 11.4 Å². The van der Waals surface area contributed by atoms with E-state index in [2.05, 4.69) is 41.1 Å². The van der Waals surface area contributed by atoms with Crippen LogP contribution in [-0.4, -0.2) is 22.4 Å². The molecule has 2 heterocycles. The Bertz CT molecular complexity index is 629. The van der Waals surface area contributed by atoms with Gasteiger partial charge in [-0.1, -0.05) is 37.2 Å². The van der Waals surface area contributed by atoms with Gasteiger partial charge in [-0.2, -0.15) is 0 Å². The fourth-order valence-electron chi connectivity index (χ4n) is 1.38. The van der Waals surface area contributed by atoms with Crippen LogP contribution in [-0.2, 0) is 0 Å². The van der Waals surface area contributed by atoms with E-state index in [0.717, 1.165) is 11.3 Å². The van der Waals surface area contributed by atoms with E-state index in [4.69, 9.17) is 11.6 Å². The normalized spacial score (nSPS) is 11.4. The molecule has 3 nitrogen and oxygen atoms in total. The molecule has 0 spiro atoms. The van der Waals surface area contributed by atoms with E-state index in [1.54, 1.807) is 6.20 Å². The monoisotopic (exact) mass is 263 g/mol. The average molecular weight is 264 g/mol. The topological polar surface area (TPSA) is 30.2 Å². The summed E-state index contributed by atoms with van der Waals surface area (Å²) >= 11 is 6.26.